The van der Waals surface area contributed by atoms with Crippen LogP contribution in [0.25, 0.3) is 0 Å². The SMILES string of the molecule is Cc1cnccc1CNS(=O)(=O)c1ccc(CN)cc1. The first kappa shape index (κ1) is 14.6. The van der Waals surface area contributed by atoms with E-state index in [1.807, 2.05) is 6.92 Å². The molecule has 20 heavy (non-hydrogen) atoms. The molecule has 2 aromatic rings. The molecule has 0 aliphatic rings. The molecule has 3 N–H and O–H groups in total. The fourth-order valence-electron chi connectivity index (χ4n) is 1.76. The third-order valence-electron chi connectivity index (χ3n) is 3.06. The molecular formula is C14H17N3O2S. The van der Waals surface area contributed by atoms with Crippen LogP contribution in [0.5, 0.6) is 0 Å². The molecule has 1 aromatic heterocycles. The summed E-state index contributed by atoms with van der Waals surface area (Å²) in [5.41, 5.74) is 8.24. The second kappa shape index (κ2) is 6.13. The molecule has 0 amide bonds. The van der Waals surface area contributed by atoms with Gasteiger partial charge in [-0.1, -0.05) is 12.1 Å². The fraction of sp³-hybridized carbons (Fsp3) is 0.214. The topological polar surface area (TPSA) is 85.1 Å². The van der Waals surface area contributed by atoms with Crippen LogP contribution in [0.1, 0.15) is 16.7 Å². The normalized spacial score (nSPS) is 11.5. The summed E-state index contributed by atoms with van der Waals surface area (Å²) in [4.78, 5) is 4.21. The van der Waals surface area contributed by atoms with Crippen LogP contribution in [0.15, 0.2) is 47.6 Å². The van der Waals surface area contributed by atoms with Gasteiger partial charge in [-0.3, -0.25) is 4.98 Å². The first-order chi connectivity index (χ1) is 9.53. The van der Waals surface area contributed by atoms with E-state index < -0.39 is 10.0 Å². The Bertz CT molecular complexity index is 682. The van der Waals surface area contributed by atoms with Crippen molar-refractivity contribution in [2.75, 3.05) is 0 Å². The van der Waals surface area contributed by atoms with Crippen molar-refractivity contribution in [1.82, 2.24) is 9.71 Å². The van der Waals surface area contributed by atoms with Gasteiger partial charge in [0.05, 0.1) is 4.90 Å². The molecule has 1 aromatic carbocycles. The molecule has 2 rings (SSSR count). The average Bonchev–Trinajstić information content (AvgIpc) is 2.46. The number of hydrogen-bond donors (Lipinski definition) is 2. The third kappa shape index (κ3) is 3.41. The smallest absolute Gasteiger partial charge is 0.240 e. The molecule has 0 bridgehead atoms. The van der Waals surface area contributed by atoms with Gasteiger partial charge < -0.3 is 5.73 Å². The van der Waals surface area contributed by atoms with Gasteiger partial charge >= 0.3 is 0 Å². The number of nitrogens with zero attached hydrogens (tertiary/aromatic N) is 1. The van der Waals surface area contributed by atoms with Crippen LogP contribution in [0, 0.1) is 6.92 Å². The van der Waals surface area contributed by atoms with E-state index in [0.717, 1.165) is 16.7 Å². The molecule has 0 aliphatic heterocycles. The second-order valence-corrected chi connectivity index (χ2v) is 6.24. The summed E-state index contributed by atoms with van der Waals surface area (Å²) in [5.74, 6) is 0. The van der Waals surface area contributed by atoms with Crippen molar-refractivity contribution in [3.8, 4) is 0 Å². The van der Waals surface area contributed by atoms with Crippen molar-refractivity contribution >= 4 is 10.0 Å². The molecule has 0 spiro atoms. The van der Waals surface area contributed by atoms with Crippen molar-refractivity contribution in [2.24, 2.45) is 5.73 Å². The molecule has 0 radical (unpaired) electrons. The molecule has 0 atom stereocenters. The van der Waals surface area contributed by atoms with E-state index in [9.17, 15) is 8.42 Å². The van der Waals surface area contributed by atoms with E-state index in [0.29, 0.717) is 6.54 Å². The van der Waals surface area contributed by atoms with Crippen LogP contribution in [-0.4, -0.2) is 13.4 Å². The van der Waals surface area contributed by atoms with Gasteiger partial charge in [0.25, 0.3) is 0 Å². The van der Waals surface area contributed by atoms with Crippen LogP contribution >= 0.6 is 0 Å². The summed E-state index contributed by atoms with van der Waals surface area (Å²) in [6.07, 6.45) is 3.35. The third-order valence-corrected chi connectivity index (χ3v) is 4.48. The number of sulfonamides is 1. The van der Waals surface area contributed by atoms with Gasteiger partial charge in [0.15, 0.2) is 0 Å². The van der Waals surface area contributed by atoms with Gasteiger partial charge in [-0.2, -0.15) is 0 Å². The van der Waals surface area contributed by atoms with Crippen molar-refractivity contribution in [2.45, 2.75) is 24.9 Å². The molecule has 6 heteroatoms. The van der Waals surface area contributed by atoms with Gasteiger partial charge in [0.2, 0.25) is 10.0 Å². The van der Waals surface area contributed by atoms with Gasteiger partial charge in [-0.25, -0.2) is 13.1 Å². The molecule has 0 aliphatic carbocycles. The molecule has 0 saturated carbocycles. The number of hydrogen-bond acceptors (Lipinski definition) is 4. The highest BCUT2D eigenvalue weighted by atomic mass is 32.2. The molecule has 1 heterocycles. The Hall–Kier alpha value is -1.76. The minimum atomic E-state index is -3.51. The highest BCUT2D eigenvalue weighted by Crippen LogP contribution is 2.12. The van der Waals surface area contributed by atoms with Crippen molar-refractivity contribution < 1.29 is 8.42 Å². The standard InChI is InChI=1S/C14H17N3O2S/c1-11-9-16-7-6-13(11)10-17-20(18,19)14-4-2-12(8-15)3-5-14/h2-7,9,17H,8,10,15H2,1H3. The Morgan fingerprint density at radius 2 is 1.90 bits per heavy atom. The monoisotopic (exact) mass is 291 g/mol. The van der Waals surface area contributed by atoms with Crippen molar-refractivity contribution in [1.29, 1.82) is 0 Å². The summed E-state index contributed by atoms with van der Waals surface area (Å²) in [6.45, 7) is 2.53. The first-order valence-electron chi connectivity index (χ1n) is 6.21. The maximum atomic E-state index is 12.2. The Kier molecular flexibility index (Phi) is 4.49. The van der Waals surface area contributed by atoms with Gasteiger partial charge in [-0.05, 0) is 41.8 Å². The predicted octanol–water partition coefficient (Wildman–Crippen LogP) is 1.33. The largest absolute Gasteiger partial charge is 0.326 e. The summed E-state index contributed by atoms with van der Waals surface area (Å²) < 4.78 is 26.9. The Morgan fingerprint density at radius 1 is 1.20 bits per heavy atom. The summed E-state index contributed by atoms with van der Waals surface area (Å²) in [5, 5.41) is 0. The van der Waals surface area contributed by atoms with Crippen LogP contribution < -0.4 is 10.5 Å². The fourth-order valence-corrected chi connectivity index (χ4v) is 2.77. The van der Waals surface area contributed by atoms with E-state index in [2.05, 4.69) is 9.71 Å². The first-order valence-corrected chi connectivity index (χ1v) is 7.69. The van der Waals surface area contributed by atoms with Gasteiger partial charge in [0, 0.05) is 25.5 Å². The van der Waals surface area contributed by atoms with Crippen LogP contribution in [0.2, 0.25) is 0 Å². The van der Waals surface area contributed by atoms with E-state index in [-0.39, 0.29) is 11.4 Å². The zero-order chi connectivity index (χ0) is 14.6. The Morgan fingerprint density at radius 3 is 2.50 bits per heavy atom. The zero-order valence-electron chi connectivity index (χ0n) is 11.2. The number of aryl methyl sites for hydroxylation is 1. The molecular weight excluding hydrogens is 274 g/mol. The lowest BCUT2D eigenvalue weighted by Gasteiger charge is -2.09. The molecule has 0 saturated heterocycles. The Balaban J connectivity index is 2.13. The van der Waals surface area contributed by atoms with Crippen LogP contribution in [0.4, 0.5) is 0 Å². The zero-order valence-corrected chi connectivity index (χ0v) is 12.0. The molecule has 106 valence electrons. The number of nitrogens with one attached hydrogen (secondary N) is 1. The van der Waals surface area contributed by atoms with Crippen molar-refractivity contribution in [3.63, 3.8) is 0 Å². The number of rotatable bonds is 5. The number of pyridine rings is 1. The van der Waals surface area contributed by atoms with Crippen molar-refractivity contribution in [3.05, 3.63) is 59.4 Å². The lowest BCUT2D eigenvalue weighted by Crippen LogP contribution is -2.23. The van der Waals surface area contributed by atoms with Crippen LogP contribution in [-0.2, 0) is 23.1 Å². The van der Waals surface area contributed by atoms with E-state index in [4.69, 9.17) is 5.73 Å². The van der Waals surface area contributed by atoms with Gasteiger partial charge in [-0.15, -0.1) is 0 Å². The van der Waals surface area contributed by atoms with E-state index in [1.165, 1.54) is 0 Å². The minimum absolute atomic E-state index is 0.237. The lowest BCUT2D eigenvalue weighted by molar-refractivity contribution is 0.581. The molecule has 0 unspecified atom stereocenters. The quantitative estimate of drug-likeness (QED) is 0.870. The highest BCUT2D eigenvalue weighted by Gasteiger charge is 2.13. The summed E-state index contributed by atoms with van der Waals surface area (Å²) >= 11 is 0. The maximum absolute atomic E-state index is 12.2. The van der Waals surface area contributed by atoms with E-state index >= 15 is 0 Å². The predicted molar refractivity (Wildman–Crippen MR) is 77.3 cm³/mol. The Labute approximate surface area is 118 Å². The van der Waals surface area contributed by atoms with Gasteiger partial charge in [0.1, 0.15) is 0 Å². The summed E-state index contributed by atoms with van der Waals surface area (Å²) in [6, 6.07) is 8.35. The lowest BCUT2D eigenvalue weighted by atomic mass is 10.2. The molecule has 5 nitrogen and oxygen atoms in total. The van der Waals surface area contributed by atoms with Crippen LogP contribution in [0.3, 0.4) is 0 Å². The number of nitrogens with two attached hydrogens (primary N) is 1. The number of benzene rings is 1. The van der Waals surface area contributed by atoms with E-state index in [1.54, 1.807) is 42.7 Å². The average molecular weight is 291 g/mol. The second-order valence-electron chi connectivity index (χ2n) is 4.47. The minimum Gasteiger partial charge on any atom is -0.326 e. The molecule has 0 fully saturated rings. The highest BCUT2D eigenvalue weighted by molar-refractivity contribution is 7.89. The number of aromatic nitrogens is 1. The summed E-state index contributed by atoms with van der Waals surface area (Å²) in [7, 11) is -3.51. The maximum Gasteiger partial charge on any atom is 0.240 e.